The second-order valence-corrected chi connectivity index (χ2v) is 8.57. The lowest BCUT2D eigenvalue weighted by Crippen LogP contribution is -2.32. The van der Waals surface area contributed by atoms with Gasteiger partial charge in [-0.1, -0.05) is 42.5 Å². The Labute approximate surface area is 160 Å². The van der Waals surface area contributed by atoms with Crippen molar-refractivity contribution in [2.75, 3.05) is 6.54 Å². The molecular formula is C20H25N3O3S. The summed E-state index contributed by atoms with van der Waals surface area (Å²) in [6.45, 7) is 0.382. The van der Waals surface area contributed by atoms with Gasteiger partial charge in [0.2, 0.25) is 15.9 Å². The summed E-state index contributed by atoms with van der Waals surface area (Å²) in [6, 6.07) is 16.2. The van der Waals surface area contributed by atoms with Crippen molar-refractivity contribution >= 4 is 15.9 Å². The molecule has 1 saturated carbocycles. The molecule has 1 amide bonds. The van der Waals surface area contributed by atoms with Crippen molar-refractivity contribution in [3.63, 3.8) is 0 Å². The SMILES string of the molecule is NC(CNC(=O)CCc1ccc(S(=O)(=O)NC2CC2)cc1)c1ccccc1. The number of carbonyl (C=O) groups excluding carboxylic acids is 1. The maximum atomic E-state index is 12.1. The molecule has 2 aromatic carbocycles. The van der Waals surface area contributed by atoms with Crippen molar-refractivity contribution in [2.45, 2.75) is 42.7 Å². The highest BCUT2D eigenvalue weighted by Gasteiger charge is 2.27. The fraction of sp³-hybridized carbons (Fsp3) is 0.350. The lowest BCUT2D eigenvalue weighted by atomic mass is 10.1. The Morgan fingerprint density at radius 1 is 1.07 bits per heavy atom. The highest BCUT2D eigenvalue weighted by molar-refractivity contribution is 7.89. The number of benzene rings is 2. The number of nitrogens with two attached hydrogens (primary N) is 1. The van der Waals surface area contributed by atoms with Crippen LogP contribution in [0.5, 0.6) is 0 Å². The Morgan fingerprint density at radius 2 is 1.74 bits per heavy atom. The fourth-order valence-corrected chi connectivity index (χ4v) is 4.02. The summed E-state index contributed by atoms with van der Waals surface area (Å²) in [5.41, 5.74) is 7.97. The second-order valence-electron chi connectivity index (χ2n) is 6.86. The number of carbonyl (C=O) groups is 1. The topological polar surface area (TPSA) is 101 Å². The number of hydrogen-bond donors (Lipinski definition) is 3. The Hall–Kier alpha value is -2.22. The molecule has 1 unspecified atom stereocenters. The van der Waals surface area contributed by atoms with Crippen molar-refractivity contribution in [3.8, 4) is 0 Å². The van der Waals surface area contributed by atoms with Crippen LogP contribution in [0.4, 0.5) is 0 Å². The van der Waals surface area contributed by atoms with E-state index in [-0.39, 0.29) is 22.9 Å². The van der Waals surface area contributed by atoms with Crippen molar-refractivity contribution in [3.05, 3.63) is 65.7 Å². The number of rotatable bonds is 9. The van der Waals surface area contributed by atoms with Gasteiger partial charge >= 0.3 is 0 Å². The molecule has 144 valence electrons. The summed E-state index contributed by atoms with van der Waals surface area (Å²) in [7, 11) is -3.43. The highest BCUT2D eigenvalue weighted by atomic mass is 32.2. The molecule has 4 N–H and O–H groups in total. The van der Waals surface area contributed by atoms with Gasteiger partial charge in [0.25, 0.3) is 0 Å². The molecule has 0 spiro atoms. The molecule has 1 fully saturated rings. The van der Waals surface area contributed by atoms with Crippen molar-refractivity contribution in [1.82, 2.24) is 10.0 Å². The minimum Gasteiger partial charge on any atom is -0.354 e. The zero-order chi connectivity index (χ0) is 19.3. The number of hydrogen-bond acceptors (Lipinski definition) is 4. The van der Waals surface area contributed by atoms with Crippen molar-refractivity contribution in [1.29, 1.82) is 0 Å². The van der Waals surface area contributed by atoms with Gasteiger partial charge in [-0.3, -0.25) is 4.79 Å². The molecule has 0 saturated heterocycles. The minimum absolute atomic E-state index is 0.0755. The molecule has 0 heterocycles. The fourth-order valence-electron chi connectivity index (χ4n) is 2.71. The number of aryl methyl sites for hydroxylation is 1. The number of nitrogens with one attached hydrogen (secondary N) is 2. The van der Waals surface area contributed by atoms with Gasteiger partial charge in [-0.15, -0.1) is 0 Å². The summed E-state index contributed by atoms with van der Waals surface area (Å²) < 4.78 is 26.9. The molecule has 7 heteroatoms. The van der Waals surface area contributed by atoms with E-state index < -0.39 is 10.0 Å². The van der Waals surface area contributed by atoms with E-state index in [0.29, 0.717) is 19.4 Å². The van der Waals surface area contributed by atoms with Crippen LogP contribution in [-0.2, 0) is 21.2 Å². The first-order chi connectivity index (χ1) is 12.9. The summed E-state index contributed by atoms with van der Waals surface area (Å²) in [5, 5.41) is 2.85. The van der Waals surface area contributed by atoms with Crippen molar-refractivity contribution in [2.24, 2.45) is 5.73 Å². The molecule has 6 nitrogen and oxygen atoms in total. The molecule has 0 aromatic heterocycles. The predicted octanol–water partition coefficient (Wildman–Crippen LogP) is 1.88. The Bertz CT molecular complexity index is 863. The van der Waals surface area contributed by atoms with Crippen LogP contribution in [0.15, 0.2) is 59.5 Å². The molecule has 1 atom stereocenters. The van der Waals surface area contributed by atoms with Crippen LogP contribution in [0.25, 0.3) is 0 Å². The number of amides is 1. The van der Waals surface area contributed by atoms with Gasteiger partial charge in [-0.2, -0.15) is 0 Å². The lowest BCUT2D eigenvalue weighted by molar-refractivity contribution is -0.121. The summed E-state index contributed by atoms with van der Waals surface area (Å²) >= 11 is 0. The van der Waals surface area contributed by atoms with Crippen LogP contribution in [0.1, 0.15) is 36.4 Å². The maximum Gasteiger partial charge on any atom is 0.240 e. The van der Waals surface area contributed by atoms with Crippen LogP contribution < -0.4 is 15.8 Å². The standard InChI is InChI=1S/C20H25N3O3S/c21-19(16-4-2-1-3-5-16)14-22-20(24)13-8-15-6-11-18(12-7-15)27(25,26)23-17-9-10-17/h1-7,11-12,17,19,23H,8-10,13-14,21H2,(H,22,24). The summed E-state index contributed by atoms with van der Waals surface area (Å²) in [5.74, 6) is -0.0755. The lowest BCUT2D eigenvalue weighted by Gasteiger charge is -2.13. The quantitative estimate of drug-likeness (QED) is 0.611. The van der Waals surface area contributed by atoms with Gasteiger partial charge < -0.3 is 11.1 Å². The molecule has 0 bridgehead atoms. The third-order valence-electron chi connectivity index (χ3n) is 4.52. The first-order valence-corrected chi connectivity index (χ1v) is 10.6. The third kappa shape index (κ3) is 5.89. The average Bonchev–Trinajstić information content (AvgIpc) is 3.48. The third-order valence-corrected chi connectivity index (χ3v) is 6.06. The van der Waals surface area contributed by atoms with Gasteiger partial charge in [0, 0.05) is 25.0 Å². The largest absolute Gasteiger partial charge is 0.354 e. The zero-order valence-corrected chi connectivity index (χ0v) is 15.9. The molecule has 1 aliphatic rings. The predicted molar refractivity (Wildman–Crippen MR) is 104 cm³/mol. The molecule has 2 aromatic rings. The van der Waals surface area contributed by atoms with Crippen LogP contribution in [0.3, 0.4) is 0 Å². The van der Waals surface area contributed by atoms with Gasteiger partial charge in [0.1, 0.15) is 0 Å². The zero-order valence-electron chi connectivity index (χ0n) is 15.1. The smallest absolute Gasteiger partial charge is 0.240 e. The van der Waals surface area contributed by atoms with Crippen molar-refractivity contribution < 1.29 is 13.2 Å². The highest BCUT2D eigenvalue weighted by Crippen LogP contribution is 2.22. The molecule has 1 aliphatic carbocycles. The Kier molecular flexibility index (Phi) is 6.26. The van der Waals surface area contributed by atoms with E-state index in [2.05, 4.69) is 10.0 Å². The van der Waals surface area contributed by atoms with Gasteiger partial charge in [0.15, 0.2) is 0 Å². The summed E-state index contributed by atoms with van der Waals surface area (Å²) in [6.07, 6.45) is 2.68. The van der Waals surface area contributed by atoms with E-state index in [1.807, 2.05) is 30.3 Å². The Morgan fingerprint density at radius 3 is 2.37 bits per heavy atom. The van der Waals surface area contributed by atoms with Crippen LogP contribution >= 0.6 is 0 Å². The van der Waals surface area contributed by atoms with E-state index in [9.17, 15) is 13.2 Å². The number of sulfonamides is 1. The van der Waals surface area contributed by atoms with Gasteiger partial charge in [-0.05, 0) is 42.5 Å². The second kappa shape index (κ2) is 8.65. The minimum atomic E-state index is -3.43. The maximum absolute atomic E-state index is 12.1. The van der Waals surface area contributed by atoms with Gasteiger partial charge in [-0.25, -0.2) is 13.1 Å². The molecule has 27 heavy (non-hydrogen) atoms. The molecule has 0 aliphatic heterocycles. The normalized spacial score (nSPS) is 15.3. The van der Waals surface area contributed by atoms with Crippen LogP contribution in [0, 0.1) is 0 Å². The van der Waals surface area contributed by atoms with Crippen LogP contribution in [-0.4, -0.2) is 26.9 Å². The van der Waals surface area contributed by atoms with E-state index in [1.165, 1.54) is 0 Å². The molecular weight excluding hydrogens is 362 g/mol. The van der Waals surface area contributed by atoms with E-state index >= 15 is 0 Å². The van der Waals surface area contributed by atoms with E-state index in [0.717, 1.165) is 24.0 Å². The Balaban J connectivity index is 1.44. The average molecular weight is 388 g/mol. The molecule has 0 radical (unpaired) electrons. The van der Waals surface area contributed by atoms with Crippen LogP contribution in [0.2, 0.25) is 0 Å². The van der Waals surface area contributed by atoms with E-state index in [4.69, 9.17) is 5.73 Å². The summed E-state index contributed by atoms with van der Waals surface area (Å²) in [4.78, 5) is 12.3. The van der Waals surface area contributed by atoms with Gasteiger partial charge in [0.05, 0.1) is 4.90 Å². The van der Waals surface area contributed by atoms with E-state index in [1.54, 1.807) is 24.3 Å². The first kappa shape index (κ1) is 19.5. The first-order valence-electron chi connectivity index (χ1n) is 9.12. The monoisotopic (exact) mass is 387 g/mol. The molecule has 3 rings (SSSR count).